The maximum absolute atomic E-state index is 12.3. The summed E-state index contributed by atoms with van der Waals surface area (Å²) in [6.45, 7) is 2.02. The first kappa shape index (κ1) is 15.0. The first-order valence-electron chi connectivity index (χ1n) is 6.45. The lowest BCUT2D eigenvalue weighted by Crippen LogP contribution is -2.16. The van der Waals surface area contributed by atoms with Gasteiger partial charge >= 0.3 is 0 Å². The molecule has 0 saturated carbocycles. The molecule has 2 aromatic rings. The van der Waals surface area contributed by atoms with Gasteiger partial charge in [-0.3, -0.25) is 9.48 Å². The molecule has 21 heavy (non-hydrogen) atoms. The molecule has 2 heterocycles. The summed E-state index contributed by atoms with van der Waals surface area (Å²) in [5, 5.41) is 15.9. The van der Waals surface area contributed by atoms with Crippen LogP contribution in [0.1, 0.15) is 35.0 Å². The number of pyridine rings is 1. The van der Waals surface area contributed by atoms with Gasteiger partial charge in [0, 0.05) is 18.3 Å². The summed E-state index contributed by atoms with van der Waals surface area (Å²) in [7, 11) is 1.65. The van der Waals surface area contributed by atoms with E-state index in [2.05, 4.69) is 15.4 Å². The Morgan fingerprint density at radius 2 is 2.29 bits per heavy atom. The van der Waals surface area contributed by atoms with E-state index < -0.39 is 0 Å². The number of carbonyl (C=O) groups is 1. The molecule has 0 fully saturated rings. The van der Waals surface area contributed by atoms with Crippen LogP contribution in [-0.2, 0) is 13.5 Å². The predicted octanol–water partition coefficient (Wildman–Crippen LogP) is 2.54. The molecule has 0 radical (unpaired) electrons. The molecule has 2 rings (SSSR count). The third-order valence-corrected chi connectivity index (χ3v) is 3.10. The summed E-state index contributed by atoms with van der Waals surface area (Å²) in [6.07, 6.45) is 3.06. The van der Waals surface area contributed by atoms with E-state index in [1.807, 2.05) is 13.0 Å². The highest BCUT2D eigenvalue weighted by Crippen LogP contribution is 2.17. The summed E-state index contributed by atoms with van der Waals surface area (Å²) >= 11 is 5.94. The molecule has 0 aromatic carbocycles. The first-order chi connectivity index (χ1) is 10.0. The summed E-state index contributed by atoms with van der Waals surface area (Å²) in [5.74, 6) is 0.00392. The fourth-order valence-corrected chi connectivity index (χ4v) is 2.14. The summed E-state index contributed by atoms with van der Waals surface area (Å²) in [4.78, 5) is 16.5. The lowest BCUT2D eigenvalue weighted by Gasteiger charge is -2.08. The van der Waals surface area contributed by atoms with Crippen LogP contribution in [0.2, 0.25) is 5.15 Å². The second-order valence-corrected chi connectivity index (χ2v) is 4.90. The van der Waals surface area contributed by atoms with Crippen molar-refractivity contribution in [2.45, 2.75) is 19.8 Å². The predicted molar refractivity (Wildman–Crippen MR) is 79.1 cm³/mol. The van der Waals surface area contributed by atoms with Crippen molar-refractivity contribution in [3.05, 3.63) is 40.3 Å². The highest BCUT2D eigenvalue weighted by molar-refractivity contribution is 6.29. The van der Waals surface area contributed by atoms with Gasteiger partial charge in [0.2, 0.25) is 0 Å². The Labute approximate surface area is 127 Å². The van der Waals surface area contributed by atoms with E-state index in [0.29, 0.717) is 16.9 Å². The van der Waals surface area contributed by atoms with Gasteiger partial charge < -0.3 is 5.32 Å². The molecular weight excluding hydrogens is 290 g/mol. The lowest BCUT2D eigenvalue weighted by atomic mass is 10.1. The molecule has 0 aliphatic carbocycles. The van der Waals surface area contributed by atoms with Gasteiger partial charge in [0.25, 0.3) is 5.91 Å². The van der Waals surface area contributed by atoms with Gasteiger partial charge in [0.1, 0.15) is 22.6 Å². The smallest absolute Gasteiger partial charge is 0.257 e. The van der Waals surface area contributed by atoms with E-state index in [1.54, 1.807) is 13.1 Å². The standard InChI is InChI=1S/C14H14ClN5O/c1-3-4-11-5-9(6-12(15)18-11)14(21)19-13-10(7-16)8-17-20(13)2/h5-6,8H,3-4H2,1-2H3,(H,19,21). The summed E-state index contributed by atoms with van der Waals surface area (Å²) < 4.78 is 1.44. The lowest BCUT2D eigenvalue weighted by molar-refractivity contribution is 0.102. The number of nitrogens with zero attached hydrogens (tertiary/aromatic N) is 4. The fourth-order valence-electron chi connectivity index (χ4n) is 1.91. The fraction of sp³-hybridized carbons (Fsp3) is 0.286. The number of nitriles is 1. The Bertz CT molecular complexity index is 717. The van der Waals surface area contributed by atoms with Crippen LogP contribution in [0.3, 0.4) is 0 Å². The second kappa shape index (κ2) is 6.37. The zero-order chi connectivity index (χ0) is 15.4. The van der Waals surface area contributed by atoms with Crippen LogP contribution in [0.15, 0.2) is 18.3 Å². The number of hydrogen-bond acceptors (Lipinski definition) is 4. The highest BCUT2D eigenvalue weighted by atomic mass is 35.5. The van der Waals surface area contributed by atoms with Gasteiger partial charge in [-0.25, -0.2) is 4.98 Å². The van der Waals surface area contributed by atoms with Crippen molar-refractivity contribution in [3.63, 3.8) is 0 Å². The molecule has 0 aliphatic rings. The zero-order valence-corrected chi connectivity index (χ0v) is 12.5. The monoisotopic (exact) mass is 303 g/mol. The van der Waals surface area contributed by atoms with Gasteiger partial charge in [-0.15, -0.1) is 0 Å². The number of carbonyl (C=O) groups excluding carboxylic acids is 1. The molecule has 6 nitrogen and oxygen atoms in total. The molecule has 0 spiro atoms. The molecule has 2 aromatic heterocycles. The van der Waals surface area contributed by atoms with Gasteiger partial charge in [0.15, 0.2) is 0 Å². The van der Waals surface area contributed by atoms with E-state index >= 15 is 0 Å². The molecule has 108 valence electrons. The minimum Gasteiger partial charge on any atom is -0.306 e. The minimum absolute atomic E-state index is 0.275. The molecular formula is C14H14ClN5O. The number of anilines is 1. The van der Waals surface area contributed by atoms with E-state index in [9.17, 15) is 4.79 Å². The number of halogens is 1. The number of aromatic nitrogens is 3. The van der Waals surface area contributed by atoms with Crippen LogP contribution in [-0.4, -0.2) is 20.7 Å². The maximum Gasteiger partial charge on any atom is 0.257 e. The molecule has 0 atom stereocenters. The van der Waals surface area contributed by atoms with Gasteiger partial charge in [-0.1, -0.05) is 24.9 Å². The molecule has 0 aliphatic heterocycles. The van der Waals surface area contributed by atoms with E-state index in [0.717, 1.165) is 18.5 Å². The van der Waals surface area contributed by atoms with E-state index in [4.69, 9.17) is 16.9 Å². The number of rotatable bonds is 4. The van der Waals surface area contributed by atoms with Crippen LogP contribution < -0.4 is 5.32 Å². The minimum atomic E-state index is -0.350. The molecule has 0 unspecified atom stereocenters. The van der Waals surface area contributed by atoms with Crippen molar-refractivity contribution in [1.82, 2.24) is 14.8 Å². The van der Waals surface area contributed by atoms with Crippen LogP contribution in [0, 0.1) is 11.3 Å². The highest BCUT2D eigenvalue weighted by Gasteiger charge is 2.14. The average Bonchev–Trinajstić information content (AvgIpc) is 2.79. The molecule has 1 amide bonds. The summed E-state index contributed by atoms with van der Waals surface area (Å²) in [5.41, 5.74) is 1.48. The maximum atomic E-state index is 12.3. The molecule has 1 N–H and O–H groups in total. The van der Waals surface area contributed by atoms with Crippen LogP contribution >= 0.6 is 11.6 Å². The third kappa shape index (κ3) is 3.38. The molecule has 0 saturated heterocycles. The summed E-state index contributed by atoms with van der Waals surface area (Å²) in [6, 6.07) is 5.18. The largest absolute Gasteiger partial charge is 0.306 e. The van der Waals surface area contributed by atoms with Gasteiger partial charge in [-0.2, -0.15) is 10.4 Å². The van der Waals surface area contributed by atoms with Crippen molar-refractivity contribution in [2.75, 3.05) is 5.32 Å². The van der Waals surface area contributed by atoms with Crippen molar-refractivity contribution in [2.24, 2.45) is 7.05 Å². The number of aryl methyl sites for hydroxylation is 2. The Hall–Kier alpha value is -2.39. The third-order valence-electron chi connectivity index (χ3n) is 2.91. The van der Waals surface area contributed by atoms with Crippen LogP contribution in [0.25, 0.3) is 0 Å². The number of hydrogen-bond donors (Lipinski definition) is 1. The van der Waals surface area contributed by atoms with Gasteiger partial charge in [0.05, 0.1) is 6.20 Å². The van der Waals surface area contributed by atoms with Crippen LogP contribution in [0.5, 0.6) is 0 Å². The Kier molecular flexibility index (Phi) is 4.55. The quantitative estimate of drug-likeness (QED) is 0.880. The number of amides is 1. The van der Waals surface area contributed by atoms with Crippen LogP contribution in [0.4, 0.5) is 5.82 Å². The average molecular weight is 304 g/mol. The van der Waals surface area contributed by atoms with E-state index in [-0.39, 0.29) is 11.1 Å². The Morgan fingerprint density at radius 1 is 1.52 bits per heavy atom. The normalized spacial score (nSPS) is 10.2. The Morgan fingerprint density at radius 3 is 2.95 bits per heavy atom. The Balaban J connectivity index is 2.28. The van der Waals surface area contributed by atoms with E-state index in [1.165, 1.54) is 16.9 Å². The van der Waals surface area contributed by atoms with Crippen molar-refractivity contribution < 1.29 is 4.79 Å². The molecule has 7 heteroatoms. The second-order valence-electron chi connectivity index (χ2n) is 4.52. The van der Waals surface area contributed by atoms with Crippen molar-refractivity contribution in [1.29, 1.82) is 5.26 Å². The number of nitrogens with one attached hydrogen (secondary N) is 1. The topological polar surface area (TPSA) is 83.6 Å². The SMILES string of the molecule is CCCc1cc(C(=O)Nc2c(C#N)cnn2C)cc(Cl)n1. The van der Waals surface area contributed by atoms with Gasteiger partial charge in [-0.05, 0) is 18.6 Å². The van der Waals surface area contributed by atoms with Crippen molar-refractivity contribution >= 4 is 23.3 Å². The zero-order valence-electron chi connectivity index (χ0n) is 11.7. The van der Waals surface area contributed by atoms with Crippen molar-refractivity contribution in [3.8, 4) is 6.07 Å². The first-order valence-corrected chi connectivity index (χ1v) is 6.82. The molecule has 0 bridgehead atoms.